The van der Waals surface area contributed by atoms with Crippen LogP contribution in [0.5, 0.6) is 5.88 Å². The summed E-state index contributed by atoms with van der Waals surface area (Å²) in [4.78, 5) is 27.3. The number of amides is 1. The number of carbonyl (C=O) groups is 1. The predicted molar refractivity (Wildman–Crippen MR) is 99.1 cm³/mol. The highest BCUT2D eigenvalue weighted by Crippen LogP contribution is 2.25. The van der Waals surface area contributed by atoms with Crippen LogP contribution in [0.4, 0.5) is 0 Å². The Morgan fingerprint density at radius 2 is 2.12 bits per heavy atom. The maximum atomic E-state index is 12.8. The van der Waals surface area contributed by atoms with Gasteiger partial charge < -0.3 is 9.64 Å². The number of piperidine rings is 1. The summed E-state index contributed by atoms with van der Waals surface area (Å²) in [6, 6.07) is 9.90. The number of rotatable bonds is 4. The summed E-state index contributed by atoms with van der Waals surface area (Å²) >= 11 is 1.49. The molecule has 0 N–H and O–H groups in total. The first-order valence-corrected chi connectivity index (χ1v) is 9.40. The molecule has 26 heavy (non-hydrogen) atoms. The second kappa shape index (κ2) is 7.61. The number of likely N-dealkylation sites (tertiary alicyclic amines) is 1. The third-order valence-electron chi connectivity index (χ3n) is 4.24. The zero-order valence-corrected chi connectivity index (χ0v) is 14.9. The Morgan fingerprint density at radius 1 is 1.23 bits per heavy atom. The lowest BCUT2D eigenvalue weighted by Gasteiger charge is -2.32. The standard InChI is InChI=1S/C19H18N4O2S/c24-19(16-13-26-18(22-16)14-5-2-1-3-6-14)23-10-4-7-15(12-23)25-17-11-20-8-9-21-17/h1-3,5-6,8-9,11,13,15H,4,7,10,12H2. The Balaban J connectivity index is 1.44. The van der Waals surface area contributed by atoms with Crippen LogP contribution in [0, 0.1) is 0 Å². The molecule has 1 unspecified atom stereocenters. The Labute approximate surface area is 155 Å². The molecule has 0 aliphatic carbocycles. The van der Waals surface area contributed by atoms with Gasteiger partial charge in [-0.05, 0) is 12.8 Å². The van der Waals surface area contributed by atoms with Gasteiger partial charge in [0.05, 0.1) is 12.7 Å². The van der Waals surface area contributed by atoms with Gasteiger partial charge in [-0.15, -0.1) is 11.3 Å². The molecular weight excluding hydrogens is 348 g/mol. The summed E-state index contributed by atoms with van der Waals surface area (Å²) in [7, 11) is 0. The number of hydrogen-bond acceptors (Lipinski definition) is 6. The first-order valence-electron chi connectivity index (χ1n) is 8.52. The zero-order valence-electron chi connectivity index (χ0n) is 14.1. The van der Waals surface area contributed by atoms with E-state index >= 15 is 0 Å². The zero-order chi connectivity index (χ0) is 17.8. The fourth-order valence-corrected chi connectivity index (χ4v) is 3.78. The molecule has 1 aliphatic heterocycles. The molecule has 0 saturated carbocycles. The number of ether oxygens (including phenoxy) is 1. The Bertz CT molecular complexity index is 870. The third-order valence-corrected chi connectivity index (χ3v) is 5.13. The van der Waals surface area contributed by atoms with Gasteiger partial charge in [-0.2, -0.15) is 0 Å². The smallest absolute Gasteiger partial charge is 0.273 e. The van der Waals surface area contributed by atoms with Crippen molar-refractivity contribution in [3.8, 4) is 16.5 Å². The lowest BCUT2D eigenvalue weighted by molar-refractivity contribution is 0.0522. The molecule has 2 aromatic heterocycles. The highest BCUT2D eigenvalue weighted by molar-refractivity contribution is 7.13. The first-order chi connectivity index (χ1) is 12.8. The summed E-state index contributed by atoms with van der Waals surface area (Å²) < 4.78 is 5.86. The van der Waals surface area contributed by atoms with Gasteiger partial charge in [-0.3, -0.25) is 9.78 Å². The minimum Gasteiger partial charge on any atom is -0.471 e. The van der Waals surface area contributed by atoms with Gasteiger partial charge in [0.1, 0.15) is 16.8 Å². The highest BCUT2D eigenvalue weighted by Gasteiger charge is 2.27. The van der Waals surface area contributed by atoms with Crippen molar-refractivity contribution in [3.05, 3.63) is 60.0 Å². The Hall–Kier alpha value is -2.80. The van der Waals surface area contributed by atoms with Crippen LogP contribution in [0.15, 0.2) is 54.3 Å². The third kappa shape index (κ3) is 3.72. The lowest BCUT2D eigenvalue weighted by Crippen LogP contribution is -2.44. The van der Waals surface area contributed by atoms with E-state index in [4.69, 9.17) is 4.74 Å². The number of thiazole rings is 1. The maximum absolute atomic E-state index is 12.8. The van der Waals surface area contributed by atoms with Crippen molar-refractivity contribution in [2.24, 2.45) is 0 Å². The molecule has 1 atom stereocenters. The molecule has 1 saturated heterocycles. The van der Waals surface area contributed by atoms with E-state index < -0.39 is 0 Å². The number of hydrogen-bond donors (Lipinski definition) is 0. The van der Waals surface area contributed by atoms with E-state index in [1.807, 2.05) is 40.6 Å². The lowest BCUT2D eigenvalue weighted by atomic mass is 10.1. The van der Waals surface area contributed by atoms with E-state index in [1.54, 1.807) is 18.6 Å². The molecular formula is C19H18N4O2S. The van der Waals surface area contributed by atoms with E-state index in [0.29, 0.717) is 18.1 Å². The summed E-state index contributed by atoms with van der Waals surface area (Å²) in [5.41, 5.74) is 1.52. The molecule has 132 valence electrons. The van der Waals surface area contributed by atoms with Gasteiger partial charge in [0.2, 0.25) is 5.88 Å². The van der Waals surface area contributed by atoms with Crippen molar-refractivity contribution in [1.82, 2.24) is 19.9 Å². The molecule has 1 fully saturated rings. The van der Waals surface area contributed by atoms with Crippen molar-refractivity contribution in [1.29, 1.82) is 0 Å². The second-order valence-electron chi connectivity index (χ2n) is 6.08. The van der Waals surface area contributed by atoms with E-state index in [-0.39, 0.29) is 12.0 Å². The quantitative estimate of drug-likeness (QED) is 0.709. The van der Waals surface area contributed by atoms with E-state index in [9.17, 15) is 4.79 Å². The van der Waals surface area contributed by atoms with Gasteiger partial charge in [0.25, 0.3) is 5.91 Å². The summed E-state index contributed by atoms with van der Waals surface area (Å²) in [5.74, 6) is 0.447. The van der Waals surface area contributed by atoms with E-state index in [0.717, 1.165) is 30.0 Å². The van der Waals surface area contributed by atoms with Crippen LogP contribution in [0.1, 0.15) is 23.3 Å². The van der Waals surface area contributed by atoms with Crippen molar-refractivity contribution in [2.75, 3.05) is 13.1 Å². The molecule has 0 radical (unpaired) electrons. The van der Waals surface area contributed by atoms with Crippen LogP contribution in [0.3, 0.4) is 0 Å². The molecule has 0 bridgehead atoms. The normalized spacial score (nSPS) is 17.1. The SMILES string of the molecule is O=C(c1csc(-c2ccccc2)n1)N1CCCC(Oc2cnccn2)C1. The second-order valence-corrected chi connectivity index (χ2v) is 6.94. The summed E-state index contributed by atoms with van der Waals surface area (Å²) in [5, 5.41) is 2.69. The molecule has 3 aromatic rings. The van der Waals surface area contributed by atoms with Gasteiger partial charge in [0.15, 0.2) is 0 Å². The van der Waals surface area contributed by atoms with Crippen LogP contribution in [0.2, 0.25) is 0 Å². The van der Waals surface area contributed by atoms with Gasteiger partial charge in [0, 0.05) is 29.9 Å². The summed E-state index contributed by atoms with van der Waals surface area (Å²) in [6.07, 6.45) is 6.51. The molecule has 0 spiro atoms. The first kappa shape index (κ1) is 16.7. The van der Waals surface area contributed by atoms with Crippen molar-refractivity contribution in [2.45, 2.75) is 18.9 Å². The fraction of sp³-hybridized carbons (Fsp3) is 0.263. The molecule has 7 heteroatoms. The van der Waals surface area contributed by atoms with Crippen LogP contribution in [0.25, 0.3) is 10.6 Å². The van der Waals surface area contributed by atoms with Crippen molar-refractivity contribution < 1.29 is 9.53 Å². The largest absolute Gasteiger partial charge is 0.471 e. The average Bonchev–Trinajstić information content (AvgIpc) is 3.19. The van der Waals surface area contributed by atoms with Crippen LogP contribution >= 0.6 is 11.3 Å². The van der Waals surface area contributed by atoms with Crippen LogP contribution in [-0.4, -0.2) is 45.0 Å². The fourth-order valence-electron chi connectivity index (χ4n) is 2.98. The van der Waals surface area contributed by atoms with Gasteiger partial charge >= 0.3 is 0 Å². The summed E-state index contributed by atoms with van der Waals surface area (Å²) in [6.45, 7) is 1.25. The minimum atomic E-state index is -0.0726. The number of aromatic nitrogens is 3. The van der Waals surface area contributed by atoms with Crippen LogP contribution < -0.4 is 4.74 Å². The molecule has 6 nitrogen and oxygen atoms in total. The predicted octanol–water partition coefficient (Wildman–Crippen LogP) is 3.28. The molecule has 1 aromatic carbocycles. The number of nitrogens with zero attached hydrogens (tertiary/aromatic N) is 4. The average molecular weight is 366 g/mol. The molecule has 1 aliphatic rings. The highest BCUT2D eigenvalue weighted by atomic mass is 32.1. The maximum Gasteiger partial charge on any atom is 0.273 e. The minimum absolute atomic E-state index is 0.0455. The molecule has 3 heterocycles. The number of benzene rings is 1. The van der Waals surface area contributed by atoms with Crippen LogP contribution in [-0.2, 0) is 0 Å². The number of carbonyl (C=O) groups excluding carboxylic acids is 1. The molecule has 4 rings (SSSR count). The van der Waals surface area contributed by atoms with Crippen molar-refractivity contribution in [3.63, 3.8) is 0 Å². The monoisotopic (exact) mass is 366 g/mol. The van der Waals surface area contributed by atoms with Crippen molar-refractivity contribution >= 4 is 17.2 Å². The topological polar surface area (TPSA) is 68.2 Å². The van der Waals surface area contributed by atoms with Gasteiger partial charge in [-0.1, -0.05) is 30.3 Å². The molecule has 1 amide bonds. The Kier molecular flexibility index (Phi) is 4.88. The Morgan fingerprint density at radius 3 is 2.92 bits per heavy atom. The van der Waals surface area contributed by atoms with Gasteiger partial charge in [-0.25, -0.2) is 9.97 Å². The van der Waals surface area contributed by atoms with E-state index in [1.165, 1.54) is 11.3 Å². The van der Waals surface area contributed by atoms with E-state index in [2.05, 4.69) is 15.0 Å².